The summed E-state index contributed by atoms with van der Waals surface area (Å²) in [7, 11) is 1.46. The molecule has 4 heteroatoms. The van der Waals surface area contributed by atoms with Crippen molar-refractivity contribution in [2.24, 2.45) is 0 Å². The summed E-state index contributed by atoms with van der Waals surface area (Å²) >= 11 is 1.58. The molecule has 0 saturated carbocycles. The molecule has 0 fully saturated rings. The van der Waals surface area contributed by atoms with Crippen molar-refractivity contribution in [3.8, 4) is 0 Å². The van der Waals surface area contributed by atoms with Crippen LogP contribution in [0.15, 0.2) is 11.4 Å². The van der Waals surface area contributed by atoms with Gasteiger partial charge in [0.15, 0.2) is 0 Å². The van der Waals surface area contributed by atoms with E-state index in [4.69, 9.17) is 4.84 Å². The van der Waals surface area contributed by atoms with Crippen LogP contribution < -0.4 is 5.06 Å². The summed E-state index contributed by atoms with van der Waals surface area (Å²) in [4.78, 5) is 16.3. The Hall–Kier alpha value is -0.870. The van der Waals surface area contributed by atoms with E-state index >= 15 is 0 Å². The van der Waals surface area contributed by atoms with E-state index in [1.807, 2.05) is 18.4 Å². The lowest BCUT2D eigenvalue weighted by Gasteiger charge is -2.12. The lowest BCUT2D eigenvalue weighted by Crippen LogP contribution is -2.18. The van der Waals surface area contributed by atoms with Gasteiger partial charge >= 0.3 is 0 Å². The van der Waals surface area contributed by atoms with Crippen LogP contribution in [-0.2, 0) is 9.63 Å². The fourth-order valence-corrected chi connectivity index (χ4v) is 1.48. The van der Waals surface area contributed by atoms with Gasteiger partial charge in [-0.2, -0.15) is 5.06 Å². The first-order valence-corrected chi connectivity index (χ1v) is 4.00. The molecule has 0 unspecified atom stereocenters. The number of anilines is 1. The average Bonchev–Trinajstić information content (AvgIpc) is 2.40. The molecular formula is C7H9NO2S. The number of aryl methyl sites for hydroxylation is 1. The second-order valence-electron chi connectivity index (χ2n) is 1.98. The van der Waals surface area contributed by atoms with Crippen molar-refractivity contribution in [2.75, 3.05) is 12.2 Å². The van der Waals surface area contributed by atoms with E-state index in [9.17, 15) is 4.79 Å². The van der Waals surface area contributed by atoms with Crippen molar-refractivity contribution in [1.82, 2.24) is 0 Å². The van der Waals surface area contributed by atoms with Gasteiger partial charge in [0.05, 0.1) is 12.8 Å². The van der Waals surface area contributed by atoms with E-state index in [0.29, 0.717) is 6.41 Å². The van der Waals surface area contributed by atoms with Crippen LogP contribution >= 0.6 is 11.3 Å². The third-order valence-electron chi connectivity index (χ3n) is 1.36. The van der Waals surface area contributed by atoms with Crippen LogP contribution in [-0.4, -0.2) is 13.5 Å². The largest absolute Gasteiger partial charge is 0.276 e. The first kappa shape index (κ1) is 8.23. The van der Waals surface area contributed by atoms with Crippen molar-refractivity contribution in [2.45, 2.75) is 6.92 Å². The highest BCUT2D eigenvalue weighted by Crippen LogP contribution is 2.23. The Bertz CT molecular complexity index is 246. The SMILES string of the molecule is CON(C=O)c1ccsc1C. The molecule has 0 aliphatic heterocycles. The van der Waals surface area contributed by atoms with E-state index < -0.39 is 0 Å². The number of hydrogen-bond acceptors (Lipinski definition) is 3. The van der Waals surface area contributed by atoms with Gasteiger partial charge < -0.3 is 0 Å². The van der Waals surface area contributed by atoms with Gasteiger partial charge in [0.1, 0.15) is 0 Å². The standard InChI is InChI=1S/C7H9NO2S/c1-6-7(3-4-11-6)8(5-9)10-2/h3-5H,1-2H3. The van der Waals surface area contributed by atoms with Crippen LogP contribution in [0.4, 0.5) is 5.69 Å². The predicted molar refractivity (Wildman–Crippen MR) is 44.6 cm³/mol. The zero-order valence-corrected chi connectivity index (χ0v) is 7.22. The Balaban J connectivity index is 2.89. The summed E-state index contributed by atoms with van der Waals surface area (Å²) in [6, 6.07) is 1.85. The molecule has 0 bridgehead atoms. The lowest BCUT2D eigenvalue weighted by molar-refractivity contribution is -0.112. The predicted octanol–water partition coefficient (Wildman–Crippen LogP) is 1.58. The average molecular weight is 171 g/mol. The molecule has 0 saturated heterocycles. The fourth-order valence-electron chi connectivity index (χ4n) is 0.805. The van der Waals surface area contributed by atoms with Crippen LogP contribution in [0.5, 0.6) is 0 Å². The van der Waals surface area contributed by atoms with Gasteiger partial charge in [-0.3, -0.25) is 9.63 Å². The minimum atomic E-state index is 0.648. The molecular weight excluding hydrogens is 162 g/mol. The number of carbonyl (C=O) groups excluding carboxylic acids is 1. The van der Waals surface area contributed by atoms with Crippen molar-refractivity contribution in [3.05, 3.63) is 16.3 Å². The molecule has 0 radical (unpaired) electrons. The summed E-state index contributed by atoms with van der Waals surface area (Å²) < 4.78 is 0. The van der Waals surface area contributed by atoms with Gasteiger partial charge in [-0.25, -0.2) is 0 Å². The fraction of sp³-hybridized carbons (Fsp3) is 0.286. The Kier molecular flexibility index (Phi) is 2.62. The second-order valence-corrected chi connectivity index (χ2v) is 3.10. The molecule has 0 aromatic carbocycles. The Morgan fingerprint density at radius 1 is 1.73 bits per heavy atom. The number of rotatable bonds is 3. The quantitative estimate of drug-likeness (QED) is 0.510. The zero-order chi connectivity index (χ0) is 8.27. The molecule has 0 N–H and O–H groups in total. The topological polar surface area (TPSA) is 29.5 Å². The van der Waals surface area contributed by atoms with Gasteiger partial charge in [-0.15, -0.1) is 11.3 Å². The number of hydrogen-bond donors (Lipinski definition) is 0. The maximum atomic E-state index is 10.4. The molecule has 1 amide bonds. The summed E-state index contributed by atoms with van der Waals surface area (Å²) in [5.74, 6) is 0. The number of carbonyl (C=O) groups is 1. The van der Waals surface area contributed by atoms with E-state index in [2.05, 4.69) is 0 Å². The van der Waals surface area contributed by atoms with E-state index in [1.54, 1.807) is 11.3 Å². The van der Waals surface area contributed by atoms with Crippen LogP contribution in [0.2, 0.25) is 0 Å². The molecule has 1 rings (SSSR count). The van der Waals surface area contributed by atoms with Gasteiger partial charge in [-0.05, 0) is 18.4 Å². The van der Waals surface area contributed by atoms with E-state index in [-0.39, 0.29) is 0 Å². The maximum Gasteiger partial charge on any atom is 0.238 e. The molecule has 1 aromatic rings. The Labute approximate surface area is 69.2 Å². The third kappa shape index (κ3) is 1.58. The van der Waals surface area contributed by atoms with E-state index in [0.717, 1.165) is 10.6 Å². The Morgan fingerprint density at radius 2 is 2.45 bits per heavy atom. The molecule has 0 aliphatic rings. The van der Waals surface area contributed by atoms with Gasteiger partial charge in [0.2, 0.25) is 6.41 Å². The third-order valence-corrected chi connectivity index (χ3v) is 2.20. The molecule has 60 valence electrons. The molecule has 0 aliphatic carbocycles. The van der Waals surface area contributed by atoms with Gasteiger partial charge in [0.25, 0.3) is 0 Å². The van der Waals surface area contributed by atoms with Crippen LogP contribution in [0, 0.1) is 6.92 Å². The number of thiophene rings is 1. The van der Waals surface area contributed by atoms with Crippen LogP contribution in [0.1, 0.15) is 4.88 Å². The maximum absolute atomic E-state index is 10.4. The molecule has 1 aromatic heterocycles. The normalized spacial score (nSPS) is 9.64. The second kappa shape index (κ2) is 3.50. The number of nitrogens with zero attached hydrogens (tertiary/aromatic N) is 1. The van der Waals surface area contributed by atoms with Gasteiger partial charge in [-0.1, -0.05) is 0 Å². The number of amides is 1. The van der Waals surface area contributed by atoms with Crippen molar-refractivity contribution in [3.63, 3.8) is 0 Å². The summed E-state index contributed by atoms with van der Waals surface area (Å²) in [6.07, 6.45) is 0.648. The highest BCUT2D eigenvalue weighted by Gasteiger charge is 2.07. The first-order chi connectivity index (χ1) is 5.29. The lowest BCUT2D eigenvalue weighted by atomic mass is 10.4. The van der Waals surface area contributed by atoms with Crippen LogP contribution in [0.3, 0.4) is 0 Å². The summed E-state index contributed by atoms with van der Waals surface area (Å²) in [6.45, 7) is 1.94. The minimum Gasteiger partial charge on any atom is -0.276 e. The molecule has 0 spiro atoms. The van der Waals surface area contributed by atoms with Crippen molar-refractivity contribution in [1.29, 1.82) is 0 Å². The smallest absolute Gasteiger partial charge is 0.238 e. The monoisotopic (exact) mass is 171 g/mol. The van der Waals surface area contributed by atoms with Crippen molar-refractivity contribution < 1.29 is 9.63 Å². The van der Waals surface area contributed by atoms with Gasteiger partial charge in [0, 0.05) is 4.88 Å². The number of hydroxylamine groups is 1. The van der Waals surface area contributed by atoms with Crippen molar-refractivity contribution >= 4 is 23.4 Å². The minimum absolute atomic E-state index is 0.648. The molecule has 3 nitrogen and oxygen atoms in total. The van der Waals surface area contributed by atoms with Crippen LogP contribution in [0.25, 0.3) is 0 Å². The highest BCUT2D eigenvalue weighted by molar-refractivity contribution is 7.10. The molecule has 11 heavy (non-hydrogen) atoms. The first-order valence-electron chi connectivity index (χ1n) is 3.12. The summed E-state index contributed by atoms with van der Waals surface area (Å²) in [5.41, 5.74) is 0.813. The molecule has 0 atom stereocenters. The van der Waals surface area contributed by atoms with E-state index in [1.165, 1.54) is 12.2 Å². The molecule has 1 heterocycles. The summed E-state index contributed by atoms with van der Waals surface area (Å²) in [5, 5.41) is 3.12. The zero-order valence-electron chi connectivity index (χ0n) is 6.40. The highest BCUT2D eigenvalue weighted by atomic mass is 32.1. The Morgan fingerprint density at radius 3 is 2.82 bits per heavy atom.